The molecule has 2 aromatic carbocycles. The van der Waals surface area contributed by atoms with Crippen molar-refractivity contribution in [2.75, 3.05) is 11.9 Å². The molecule has 7 heteroatoms. The number of nitrogens with zero attached hydrogens (tertiary/aromatic N) is 1. The Bertz CT molecular complexity index is 943. The molecule has 1 heterocycles. The van der Waals surface area contributed by atoms with E-state index in [4.69, 9.17) is 0 Å². The van der Waals surface area contributed by atoms with E-state index >= 15 is 0 Å². The highest BCUT2D eigenvalue weighted by molar-refractivity contribution is 8.15. The van der Waals surface area contributed by atoms with Gasteiger partial charge in [-0.25, -0.2) is 0 Å². The van der Waals surface area contributed by atoms with Crippen LogP contribution in [-0.2, 0) is 9.59 Å². The van der Waals surface area contributed by atoms with Crippen LogP contribution >= 0.6 is 11.8 Å². The molecule has 6 nitrogen and oxygen atoms in total. The maximum absolute atomic E-state index is 12.5. The van der Waals surface area contributed by atoms with Gasteiger partial charge in [0.25, 0.3) is 5.24 Å². The third-order valence-corrected chi connectivity index (χ3v) is 5.52. The van der Waals surface area contributed by atoms with Crippen molar-refractivity contribution in [1.29, 1.82) is 0 Å². The molecule has 0 aliphatic carbocycles. The van der Waals surface area contributed by atoms with Gasteiger partial charge in [-0.3, -0.25) is 24.1 Å². The summed E-state index contributed by atoms with van der Waals surface area (Å²) < 4.78 is 0. The number of hydrogen-bond donors (Lipinski definition) is 1. The van der Waals surface area contributed by atoms with Gasteiger partial charge in [0, 0.05) is 17.7 Å². The van der Waals surface area contributed by atoms with Gasteiger partial charge in [-0.15, -0.1) is 0 Å². The Morgan fingerprint density at radius 1 is 1.07 bits per heavy atom. The molecule has 1 aliphatic heterocycles. The maximum Gasteiger partial charge on any atom is 0.289 e. The largest absolute Gasteiger partial charge is 0.326 e. The fraction of sp³-hybridized carbons (Fsp3) is 0.238. The van der Waals surface area contributed by atoms with E-state index in [1.807, 2.05) is 32.0 Å². The summed E-state index contributed by atoms with van der Waals surface area (Å²) >= 11 is 0.790. The van der Waals surface area contributed by atoms with Crippen LogP contribution in [0.25, 0.3) is 0 Å². The lowest BCUT2D eigenvalue weighted by molar-refractivity contribution is -0.128. The third-order valence-electron chi connectivity index (χ3n) is 4.44. The second-order valence-corrected chi connectivity index (χ2v) is 7.81. The van der Waals surface area contributed by atoms with Crippen LogP contribution in [0.1, 0.15) is 27.9 Å². The number of imide groups is 1. The first-order valence-corrected chi connectivity index (χ1v) is 9.70. The van der Waals surface area contributed by atoms with Crippen molar-refractivity contribution in [3.63, 3.8) is 0 Å². The molecule has 28 heavy (non-hydrogen) atoms. The molecule has 0 bridgehead atoms. The third kappa shape index (κ3) is 4.48. The summed E-state index contributed by atoms with van der Waals surface area (Å²) in [5.74, 6) is -1.16. The predicted octanol–water partition coefficient (Wildman–Crippen LogP) is 3.58. The molecule has 1 atom stereocenters. The number of ketones is 1. The second kappa shape index (κ2) is 8.39. The number of carbonyl (C=O) groups is 4. The highest BCUT2D eigenvalue weighted by Crippen LogP contribution is 2.30. The van der Waals surface area contributed by atoms with Crippen LogP contribution in [0.5, 0.6) is 0 Å². The number of aryl methyl sites for hydroxylation is 2. The Kier molecular flexibility index (Phi) is 5.94. The van der Waals surface area contributed by atoms with E-state index in [-0.39, 0.29) is 24.7 Å². The summed E-state index contributed by atoms with van der Waals surface area (Å²) in [6, 6.07) is 14.2. The summed E-state index contributed by atoms with van der Waals surface area (Å²) in [6.07, 6.45) is -0.126. The lowest BCUT2D eigenvalue weighted by atomic mass is 10.1. The molecular formula is C21H20N2O4S. The van der Waals surface area contributed by atoms with Crippen LogP contribution in [0.3, 0.4) is 0 Å². The molecule has 3 rings (SSSR count). The molecule has 0 aromatic heterocycles. The van der Waals surface area contributed by atoms with Crippen molar-refractivity contribution >= 4 is 40.3 Å². The van der Waals surface area contributed by atoms with Gasteiger partial charge >= 0.3 is 0 Å². The summed E-state index contributed by atoms with van der Waals surface area (Å²) in [7, 11) is 0. The van der Waals surface area contributed by atoms with Gasteiger partial charge in [0.15, 0.2) is 5.78 Å². The van der Waals surface area contributed by atoms with E-state index in [2.05, 4.69) is 5.32 Å². The second-order valence-electron chi connectivity index (χ2n) is 6.66. The molecule has 1 fully saturated rings. The lowest BCUT2D eigenvalue weighted by Gasteiger charge is -2.13. The summed E-state index contributed by atoms with van der Waals surface area (Å²) in [4.78, 5) is 50.3. The van der Waals surface area contributed by atoms with Gasteiger partial charge in [-0.05, 0) is 31.0 Å². The van der Waals surface area contributed by atoms with Crippen LogP contribution in [0.15, 0.2) is 48.5 Å². The van der Waals surface area contributed by atoms with E-state index in [0.717, 1.165) is 27.8 Å². The summed E-state index contributed by atoms with van der Waals surface area (Å²) in [5.41, 5.74) is 3.04. The number of Topliss-reactive ketones (excluding diaryl/α,β-unsaturated/α-hetero) is 1. The van der Waals surface area contributed by atoms with E-state index in [9.17, 15) is 19.2 Å². The van der Waals surface area contributed by atoms with Crippen molar-refractivity contribution in [2.45, 2.75) is 25.5 Å². The monoisotopic (exact) mass is 396 g/mol. The Morgan fingerprint density at radius 3 is 2.50 bits per heavy atom. The smallest absolute Gasteiger partial charge is 0.289 e. The van der Waals surface area contributed by atoms with Crippen molar-refractivity contribution < 1.29 is 19.2 Å². The van der Waals surface area contributed by atoms with E-state index in [1.165, 1.54) is 0 Å². The Balaban J connectivity index is 1.62. The van der Waals surface area contributed by atoms with Gasteiger partial charge in [0.1, 0.15) is 5.25 Å². The number of amides is 3. The van der Waals surface area contributed by atoms with Gasteiger partial charge < -0.3 is 5.32 Å². The lowest BCUT2D eigenvalue weighted by Crippen LogP contribution is -2.36. The minimum Gasteiger partial charge on any atom is -0.326 e. The normalized spacial score (nSPS) is 16.4. The maximum atomic E-state index is 12.5. The first kappa shape index (κ1) is 19.8. The number of rotatable bonds is 6. The zero-order chi connectivity index (χ0) is 20.3. The van der Waals surface area contributed by atoms with Crippen molar-refractivity contribution in [3.05, 3.63) is 65.2 Å². The van der Waals surface area contributed by atoms with Crippen LogP contribution < -0.4 is 5.32 Å². The van der Waals surface area contributed by atoms with E-state index < -0.39 is 16.4 Å². The summed E-state index contributed by atoms with van der Waals surface area (Å²) in [6.45, 7) is 3.49. The minimum absolute atomic E-state index is 0.126. The molecule has 144 valence electrons. The van der Waals surface area contributed by atoms with Crippen LogP contribution in [0, 0.1) is 13.8 Å². The molecule has 3 amide bonds. The predicted molar refractivity (Wildman–Crippen MR) is 108 cm³/mol. The van der Waals surface area contributed by atoms with Crippen LogP contribution in [-0.4, -0.2) is 39.5 Å². The molecule has 1 unspecified atom stereocenters. The van der Waals surface area contributed by atoms with Gasteiger partial charge in [0.2, 0.25) is 11.8 Å². The molecule has 1 aliphatic rings. The quantitative estimate of drug-likeness (QED) is 0.755. The van der Waals surface area contributed by atoms with E-state index in [0.29, 0.717) is 11.3 Å². The molecule has 2 aromatic rings. The zero-order valence-corrected chi connectivity index (χ0v) is 16.4. The van der Waals surface area contributed by atoms with Crippen molar-refractivity contribution in [1.82, 2.24) is 4.90 Å². The average molecular weight is 396 g/mol. The standard InChI is InChI=1S/C21H20N2O4S/c1-13-8-9-14(2)16(10-13)22-19(25)11-18-20(26)23(21(27)28-18)12-17(24)15-6-4-3-5-7-15/h3-10,18H,11-12H2,1-2H3,(H,22,25). The number of carbonyl (C=O) groups excluding carboxylic acids is 4. The Hall–Kier alpha value is -2.93. The van der Waals surface area contributed by atoms with Crippen LogP contribution in [0.4, 0.5) is 10.5 Å². The SMILES string of the molecule is Cc1ccc(C)c(NC(=O)CC2SC(=O)N(CC(=O)c3ccccc3)C2=O)c1. The minimum atomic E-state index is -0.818. The van der Waals surface area contributed by atoms with Crippen molar-refractivity contribution in [2.24, 2.45) is 0 Å². The molecule has 0 radical (unpaired) electrons. The highest BCUT2D eigenvalue weighted by Gasteiger charge is 2.41. The Labute approximate surface area is 167 Å². The highest BCUT2D eigenvalue weighted by atomic mass is 32.2. The molecule has 0 spiro atoms. The van der Waals surface area contributed by atoms with Crippen LogP contribution in [0.2, 0.25) is 0 Å². The molecule has 1 N–H and O–H groups in total. The molecular weight excluding hydrogens is 376 g/mol. The fourth-order valence-corrected chi connectivity index (χ4v) is 3.86. The number of anilines is 1. The first-order chi connectivity index (χ1) is 13.3. The topological polar surface area (TPSA) is 83.6 Å². The first-order valence-electron chi connectivity index (χ1n) is 8.82. The summed E-state index contributed by atoms with van der Waals surface area (Å²) in [5, 5.41) is 1.47. The van der Waals surface area contributed by atoms with Gasteiger partial charge in [-0.2, -0.15) is 0 Å². The van der Waals surface area contributed by atoms with E-state index in [1.54, 1.807) is 30.3 Å². The fourth-order valence-electron chi connectivity index (χ4n) is 2.87. The molecule has 0 saturated carbocycles. The zero-order valence-electron chi connectivity index (χ0n) is 15.6. The molecule has 1 saturated heterocycles. The Morgan fingerprint density at radius 2 is 1.79 bits per heavy atom. The van der Waals surface area contributed by atoms with Crippen molar-refractivity contribution in [3.8, 4) is 0 Å². The number of nitrogens with one attached hydrogen (secondary N) is 1. The number of thioether (sulfide) groups is 1. The van der Waals surface area contributed by atoms with Gasteiger partial charge in [-0.1, -0.05) is 54.2 Å². The van der Waals surface area contributed by atoms with Gasteiger partial charge in [0.05, 0.1) is 6.54 Å². The number of hydrogen-bond acceptors (Lipinski definition) is 5. The average Bonchev–Trinajstić information content (AvgIpc) is 2.92. The number of benzene rings is 2.